The molecule has 0 atom stereocenters. The Kier molecular flexibility index (Phi) is 5.20. The first-order valence-corrected chi connectivity index (χ1v) is 8.21. The number of carbonyl (C=O) groups is 2. The van der Waals surface area contributed by atoms with Crippen molar-refractivity contribution < 1.29 is 24.4 Å². The predicted molar refractivity (Wildman–Crippen MR) is 95.5 cm³/mol. The summed E-state index contributed by atoms with van der Waals surface area (Å²) in [5, 5.41) is 23.2. The Hall–Kier alpha value is -3.62. The number of ether oxygens (including phenoxy) is 1. The minimum absolute atomic E-state index is 0.105. The third-order valence-corrected chi connectivity index (χ3v) is 4.08. The summed E-state index contributed by atoms with van der Waals surface area (Å²) >= 11 is 0. The van der Waals surface area contributed by atoms with Crippen molar-refractivity contribution in [3.05, 3.63) is 58.1 Å². The summed E-state index contributed by atoms with van der Waals surface area (Å²) in [6.07, 6.45) is 0.146. The lowest BCUT2D eigenvalue weighted by Crippen LogP contribution is -2.40. The van der Waals surface area contributed by atoms with E-state index < -0.39 is 10.8 Å². The normalized spacial score (nSPS) is 13.3. The number of phenols is 1. The van der Waals surface area contributed by atoms with Crippen LogP contribution < -0.4 is 15.0 Å². The molecule has 1 heterocycles. The van der Waals surface area contributed by atoms with Gasteiger partial charge in [-0.2, -0.15) is 0 Å². The van der Waals surface area contributed by atoms with E-state index in [1.807, 2.05) is 0 Å². The highest BCUT2D eigenvalue weighted by Crippen LogP contribution is 2.30. The number of para-hydroxylation sites is 2. The van der Waals surface area contributed by atoms with E-state index in [1.54, 1.807) is 24.3 Å². The van der Waals surface area contributed by atoms with Crippen LogP contribution in [-0.4, -0.2) is 35.0 Å². The van der Waals surface area contributed by atoms with Crippen LogP contribution in [0.3, 0.4) is 0 Å². The van der Waals surface area contributed by atoms with Crippen molar-refractivity contribution in [3.8, 4) is 11.5 Å². The first kappa shape index (κ1) is 18.2. The van der Waals surface area contributed by atoms with Crippen LogP contribution in [0.1, 0.15) is 12.0 Å². The fraction of sp³-hybridized carbons (Fsp3) is 0.222. The van der Waals surface area contributed by atoms with Gasteiger partial charge in [-0.15, -0.1) is 0 Å². The molecule has 0 fully saturated rings. The summed E-state index contributed by atoms with van der Waals surface area (Å²) in [7, 11) is 0. The third kappa shape index (κ3) is 4.14. The average molecular weight is 371 g/mol. The SMILES string of the molecule is O=C(CN1C(=O)CCOc2ccccc21)NCc1cc([N+](=O)[O-])ccc1O. The molecule has 0 saturated heterocycles. The number of aromatic hydroxyl groups is 1. The molecule has 0 bridgehead atoms. The second-order valence-corrected chi connectivity index (χ2v) is 5.89. The smallest absolute Gasteiger partial charge is 0.270 e. The lowest BCUT2D eigenvalue weighted by Gasteiger charge is -2.21. The summed E-state index contributed by atoms with van der Waals surface area (Å²) in [6.45, 7) is -0.100. The van der Waals surface area contributed by atoms with E-state index in [1.165, 1.54) is 23.1 Å². The number of hydrogen-bond donors (Lipinski definition) is 2. The van der Waals surface area contributed by atoms with Gasteiger partial charge in [0.2, 0.25) is 11.8 Å². The Balaban J connectivity index is 1.70. The largest absolute Gasteiger partial charge is 0.508 e. The average Bonchev–Trinajstić information content (AvgIpc) is 2.80. The van der Waals surface area contributed by atoms with Gasteiger partial charge in [0.05, 0.1) is 23.6 Å². The Morgan fingerprint density at radius 3 is 2.85 bits per heavy atom. The number of anilines is 1. The molecule has 9 nitrogen and oxygen atoms in total. The molecular formula is C18H17N3O6. The van der Waals surface area contributed by atoms with Crippen LogP contribution >= 0.6 is 0 Å². The number of benzene rings is 2. The molecule has 140 valence electrons. The van der Waals surface area contributed by atoms with Crippen molar-refractivity contribution in [1.82, 2.24) is 5.32 Å². The van der Waals surface area contributed by atoms with Crippen molar-refractivity contribution in [2.45, 2.75) is 13.0 Å². The number of amides is 2. The Morgan fingerprint density at radius 1 is 1.30 bits per heavy atom. The maximum Gasteiger partial charge on any atom is 0.270 e. The number of nitro benzene ring substituents is 1. The maximum absolute atomic E-state index is 12.3. The van der Waals surface area contributed by atoms with Gasteiger partial charge in [-0.3, -0.25) is 24.6 Å². The van der Waals surface area contributed by atoms with Crippen LogP contribution in [0.5, 0.6) is 11.5 Å². The number of non-ortho nitro benzene ring substituents is 1. The Bertz CT molecular complexity index is 898. The first-order chi connectivity index (χ1) is 13.0. The fourth-order valence-electron chi connectivity index (χ4n) is 2.71. The van der Waals surface area contributed by atoms with Gasteiger partial charge in [0.1, 0.15) is 18.0 Å². The standard InChI is InChI=1S/C18H17N3O6/c22-15-6-5-13(21(25)26)9-12(15)10-19-17(23)11-20-14-3-1-2-4-16(14)27-8-7-18(20)24/h1-6,9,22H,7-8,10-11H2,(H,19,23). The minimum atomic E-state index is -0.586. The molecule has 2 aromatic rings. The molecule has 27 heavy (non-hydrogen) atoms. The molecule has 0 spiro atoms. The molecule has 1 aliphatic rings. The van der Waals surface area contributed by atoms with Gasteiger partial charge in [0.15, 0.2) is 0 Å². The summed E-state index contributed by atoms with van der Waals surface area (Å²) in [5.41, 5.74) is 0.530. The number of nitrogens with one attached hydrogen (secondary N) is 1. The highest BCUT2D eigenvalue weighted by Gasteiger charge is 2.25. The molecule has 1 aliphatic heterocycles. The quantitative estimate of drug-likeness (QED) is 0.610. The van der Waals surface area contributed by atoms with Crippen LogP contribution in [0, 0.1) is 10.1 Å². The molecule has 9 heteroatoms. The molecule has 0 unspecified atom stereocenters. The number of rotatable bonds is 5. The van der Waals surface area contributed by atoms with Crippen molar-refractivity contribution in [2.75, 3.05) is 18.1 Å². The molecule has 2 N–H and O–H groups in total. The van der Waals surface area contributed by atoms with Gasteiger partial charge in [0, 0.05) is 24.2 Å². The Morgan fingerprint density at radius 2 is 2.07 bits per heavy atom. The summed E-state index contributed by atoms with van der Waals surface area (Å²) in [6, 6.07) is 10.5. The lowest BCUT2D eigenvalue weighted by molar-refractivity contribution is -0.384. The molecular weight excluding hydrogens is 354 g/mol. The maximum atomic E-state index is 12.3. The summed E-state index contributed by atoms with van der Waals surface area (Å²) < 4.78 is 5.52. The third-order valence-electron chi connectivity index (χ3n) is 4.08. The van der Waals surface area contributed by atoms with E-state index in [0.717, 1.165) is 0 Å². The number of hydrogen-bond acceptors (Lipinski definition) is 6. The molecule has 0 saturated carbocycles. The molecule has 2 amide bonds. The van der Waals surface area contributed by atoms with Gasteiger partial charge >= 0.3 is 0 Å². The second kappa shape index (κ2) is 7.73. The monoisotopic (exact) mass is 371 g/mol. The van der Waals surface area contributed by atoms with Crippen molar-refractivity contribution >= 4 is 23.2 Å². The van der Waals surface area contributed by atoms with E-state index in [4.69, 9.17) is 4.74 Å². The minimum Gasteiger partial charge on any atom is -0.508 e. The summed E-state index contributed by atoms with van der Waals surface area (Å²) in [5.74, 6) is -0.350. The zero-order chi connectivity index (χ0) is 19.4. The van der Waals surface area contributed by atoms with Crippen LogP contribution in [-0.2, 0) is 16.1 Å². The van der Waals surface area contributed by atoms with E-state index in [0.29, 0.717) is 11.4 Å². The molecule has 0 aliphatic carbocycles. The van der Waals surface area contributed by atoms with Crippen molar-refractivity contribution in [2.24, 2.45) is 0 Å². The number of phenolic OH excluding ortho intramolecular Hbond substituents is 1. The number of nitrogens with zero attached hydrogens (tertiary/aromatic N) is 2. The second-order valence-electron chi connectivity index (χ2n) is 5.89. The topological polar surface area (TPSA) is 122 Å². The van der Waals surface area contributed by atoms with E-state index in [-0.39, 0.29) is 49.0 Å². The van der Waals surface area contributed by atoms with E-state index in [9.17, 15) is 24.8 Å². The van der Waals surface area contributed by atoms with Gasteiger partial charge in [-0.1, -0.05) is 12.1 Å². The van der Waals surface area contributed by atoms with Crippen LogP contribution in [0.25, 0.3) is 0 Å². The van der Waals surface area contributed by atoms with Gasteiger partial charge < -0.3 is 15.2 Å². The Labute approximate surface area is 154 Å². The first-order valence-electron chi connectivity index (χ1n) is 8.21. The zero-order valence-corrected chi connectivity index (χ0v) is 14.3. The predicted octanol–water partition coefficient (Wildman–Crippen LogP) is 1.73. The van der Waals surface area contributed by atoms with Crippen LogP contribution in [0.15, 0.2) is 42.5 Å². The molecule has 0 aromatic heterocycles. The van der Waals surface area contributed by atoms with Crippen LogP contribution in [0.4, 0.5) is 11.4 Å². The molecule has 0 radical (unpaired) electrons. The van der Waals surface area contributed by atoms with Gasteiger partial charge in [0.25, 0.3) is 5.69 Å². The fourth-order valence-corrected chi connectivity index (χ4v) is 2.71. The van der Waals surface area contributed by atoms with E-state index >= 15 is 0 Å². The van der Waals surface area contributed by atoms with Gasteiger partial charge in [-0.05, 0) is 18.2 Å². The van der Waals surface area contributed by atoms with E-state index in [2.05, 4.69) is 5.32 Å². The van der Waals surface area contributed by atoms with Crippen LogP contribution in [0.2, 0.25) is 0 Å². The highest BCUT2D eigenvalue weighted by atomic mass is 16.6. The zero-order valence-electron chi connectivity index (χ0n) is 14.3. The van der Waals surface area contributed by atoms with Crippen molar-refractivity contribution in [1.29, 1.82) is 0 Å². The number of nitro groups is 1. The van der Waals surface area contributed by atoms with Crippen molar-refractivity contribution in [3.63, 3.8) is 0 Å². The number of fused-ring (bicyclic) bond motifs is 1. The number of carbonyl (C=O) groups excluding carboxylic acids is 2. The summed E-state index contributed by atoms with van der Waals surface area (Å²) in [4.78, 5) is 36.2. The molecule has 2 aromatic carbocycles. The molecule has 3 rings (SSSR count). The van der Waals surface area contributed by atoms with Gasteiger partial charge in [-0.25, -0.2) is 0 Å². The lowest BCUT2D eigenvalue weighted by atomic mass is 10.1. The highest BCUT2D eigenvalue weighted by molar-refractivity contribution is 6.00.